The van der Waals surface area contributed by atoms with E-state index in [2.05, 4.69) is 53.9 Å². The zero-order valence-electron chi connectivity index (χ0n) is 18.5. The van der Waals surface area contributed by atoms with E-state index >= 15 is 0 Å². The van der Waals surface area contributed by atoms with Gasteiger partial charge in [-0.1, -0.05) is 55.4 Å². The van der Waals surface area contributed by atoms with Crippen LogP contribution in [0.4, 0.5) is 0 Å². The molecule has 0 radical (unpaired) electrons. The molecule has 0 unspecified atom stereocenters. The third-order valence-corrected chi connectivity index (χ3v) is 3.87. The molecule has 4 heterocycles. The predicted octanol–water partition coefficient (Wildman–Crippen LogP) is 5.76. The Morgan fingerprint density at radius 2 is 1.57 bits per heavy atom. The van der Waals surface area contributed by atoms with Crippen LogP contribution in [-0.4, -0.2) is 29.2 Å². The number of nitrogens with zero attached hydrogens (tertiary/aromatic N) is 6. The molecule has 0 fully saturated rings. The highest BCUT2D eigenvalue weighted by Crippen LogP contribution is 2.17. The van der Waals surface area contributed by atoms with E-state index in [1.807, 2.05) is 62.9 Å². The van der Waals surface area contributed by atoms with E-state index in [4.69, 9.17) is 0 Å². The van der Waals surface area contributed by atoms with Gasteiger partial charge in [-0.3, -0.25) is 0 Å². The zero-order chi connectivity index (χ0) is 21.1. The van der Waals surface area contributed by atoms with Crippen molar-refractivity contribution in [3.05, 3.63) is 60.6 Å². The fraction of sp³-hybridized carbons (Fsp3) is 0.455. The van der Waals surface area contributed by atoms with Crippen molar-refractivity contribution in [1.82, 2.24) is 29.2 Å². The van der Waals surface area contributed by atoms with Crippen LogP contribution in [0.2, 0.25) is 0 Å². The summed E-state index contributed by atoms with van der Waals surface area (Å²) < 4.78 is 3.73. The van der Waals surface area contributed by atoms with Gasteiger partial charge in [-0.05, 0) is 30.0 Å². The van der Waals surface area contributed by atoms with Gasteiger partial charge in [0.2, 0.25) is 0 Å². The van der Waals surface area contributed by atoms with Crippen LogP contribution >= 0.6 is 0 Å². The summed E-state index contributed by atoms with van der Waals surface area (Å²) >= 11 is 0. The molecular formula is C22H34N6. The maximum Gasteiger partial charge on any atom is 0.158 e. The van der Waals surface area contributed by atoms with Crippen LogP contribution < -0.4 is 0 Å². The van der Waals surface area contributed by atoms with Gasteiger partial charge in [0, 0.05) is 23.7 Å². The molecule has 4 rings (SSSR count). The quantitative estimate of drug-likeness (QED) is 0.442. The summed E-state index contributed by atoms with van der Waals surface area (Å²) in [5.41, 5.74) is 4.46. The van der Waals surface area contributed by atoms with E-state index in [1.54, 1.807) is 17.0 Å². The van der Waals surface area contributed by atoms with Gasteiger partial charge in [0.05, 0.1) is 17.9 Å². The molecule has 6 heteroatoms. The lowest BCUT2D eigenvalue weighted by atomic mass is 10.1. The molecule has 152 valence electrons. The van der Waals surface area contributed by atoms with E-state index in [9.17, 15) is 0 Å². The Bertz CT molecular complexity index is 858. The van der Waals surface area contributed by atoms with Crippen molar-refractivity contribution in [3.63, 3.8) is 0 Å². The second-order valence-electron chi connectivity index (χ2n) is 6.30. The van der Waals surface area contributed by atoms with Gasteiger partial charge in [-0.25, -0.2) is 19.0 Å². The van der Waals surface area contributed by atoms with Gasteiger partial charge in [0.1, 0.15) is 6.33 Å². The van der Waals surface area contributed by atoms with Crippen LogP contribution in [0.5, 0.6) is 0 Å². The molecule has 0 saturated carbocycles. The Kier molecular flexibility index (Phi) is 9.85. The van der Waals surface area contributed by atoms with Crippen molar-refractivity contribution in [2.75, 3.05) is 0 Å². The topological polar surface area (TPSA) is 60.4 Å². The maximum absolute atomic E-state index is 4.26. The summed E-state index contributed by atoms with van der Waals surface area (Å²) in [5, 5.41) is 8.36. The number of hydrogen-bond acceptors (Lipinski definition) is 4. The van der Waals surface area contributed by atoms with Gasteiger partial charge in [-0.2, -0.15) is 10.2 Å². The minimum atomic E-state index is 0.484. The minimum Gasteiger partial charge on any atom is -0.241 e. The van der Waals surface area contributed by atoms with Gasteiger partial charge >= 0.3 is 0 Å². The highest BCUT2D eigenvalue weighted by atomic mass is 15.2. The Morgan fingerprint density at radius 1 is 0.857 bits per heavy atom. The molecule has 0 aliphatic heterocycles. The lowest BCUT2D eigenvalue weighted by Gasteiger charge is -2.02. The third-order valence-electron chi connectivity index (χ3n) is 3.87. The van der Waals surface area contributed by atoms with Crippen LogP contribution in [0.25, 0.3) is 11.2 Å². The van der Waals surface area contributed by atoms with Crippen molar-refractivity contribution in [2.24, 2.45) is 0 Å². The molecule has 0 N–H and O–H groups in total. The zero-order valence-corrected chi connectivity index (χ0v) is 18.5. The molecule has 0 spiro atoms. The molecule has 0 aliphatic carbocycles. The molecule has 0 aromatic carbocycles. The van der Waals surface area contributed by atoms with Crippen LogP contribution in [0.15, 0.2) is 49.3 Å². The molecule has 4 aromatic rings. The normalized spacial score (nSPS) is 10.1. The van der Waals surface area contributed by atoms with Crippen molar-refractivity contribution in [1.29, 1.82) is 0 Å². The van der Waals surface area contributed by atoms with Crippen LogP contribution in [-0.2, 0) is 0 Å². The summed E-state index contributed by atoms with van der Waals surface area (Å²) in [7, 11) is 0. The molecule has 0 bridgehead atoms. The standard InChI is InChI=1S/2C9H11N3.2C2H6/c1-7(2)9-4-3-8-5-10-6-11-12(8)9;1-7(2)8-6-11-12-5-3-4-10-9(8)12;2*1-2/h2*3-7H,1-2H3;2*1-2H3. The van der Waals surface area contributed by atoms with Gasteiger partial charge in [0.15, 0.2) is 5.65 Å². The van der Waals surface area contributed by atoms with Crippen LogP contribution in [0.1, 0.15) is 78.5 Å². The first-order chi connectivity index (χ1) is 13.6. The van der Waals surface area contributed by atoms with Crippen molar-refractivity contribution < 1.29 is 0 Å². The molecule has 28 heavy (non-hydrogen) atoms. The lowest BCUT2D eigenvalue weighted by molar-refractivity contribution is 0.751. The average molecular weight is 383 g/mol. The van der Waals surface area contributed by atoms with Crippen molar-refractivity contribution in [2.45, 2.75) is 67.2 Å². The molecule has 0 amide bonds. The molecule has 0 aliphatic rings. The summed E-state index contributed by atoms with van der Waals surface area (Å²) in [4.78, 5) is 8.22. The summed E-state index contributed by atoms with van der Waals surface area (Å²) in [6.07, 6.45) is 8.97. The molecule has 4 aromatic heterocycles. The van der Waals surface area contributed by atoms with Gasteiger partial charge < -0.3 is 0 Å². The third kappa shape index (κ3) is 5.62. The molecule has 6 nitrogen and oxygen atoms in total. The Morgan fingerprint density at radius 3 is 2.21 bits per heavy atom. The molecule has 0 saturated heterocycles. The smallest absolute Gasteiger partial charge is 0.158 e. The number of aromatic nitrogens is 6. The Balaban J connectivity index is 0.000000238. The lowest BCUT2D eigenvalue weighted by Crippen LogP contribution is -1.98. The van der Waals surface area contributed by atoms with Gasteiger partial charge in [0.25, 0.3) is 0 Å². The molecule has 0 atom stereocenters. The summed E-state index contributed by atoms with van der Waals surface area (Å²) in [6, 6.07) is 6.01. The monoisotopic (exact) mass is 382 g/mol. The molecular weight excluding hydrogens is 348 g/mol. The second kappa shape index (κ2) is 11.8. The fourth-order valence-corrected chi connectivity index (χ4v) is 2.57. The SMILES string of the molecule is CC.CC.CC(C)c1ccc2cncnn12.CC(C)c1cnn2cccnc12. The fourth-order valence-electron chi connectivity index (χ4n) is 2.57. The summed E-state index contributed by atoms with van der Waals surface area (Å²) in [5.74, 6) is 0.986. The van der Waals surface area contributed by atoms with Crippen molar-refractivity contribution in [3.8, 4) is 0 Å². The highest BCUT2D eigenvalue weighted by Gasteiger charge is 2.07. The second-order valence-corrected chi connectivity index (χ2v) is 6.30. The highest BCUT2D eigenvalue weighted by molar-refractivity contribution is 5.47. The van der Waals surface area contributed by atoms with Crippen molar-refractivity contribution >= 4 is 11.2 Å². The largest absolute Gasteiger partial charge is 0.241 e. The van der Waals surface area contributed by atoms with Crippen LogP contribution in [0.3, 0.4) is 0 Å². The maximum atomic E-state index is 4.26. The van der Waals surface area contributed by atoms with E-state index < -0.39 is 0 Å². The summed E-state index contributed by atoms with van der Waals surface area (Å²) in [6.45, 7) is 16.6. The number of rotatable bonds is 2. The van der Waals surface area contributed by atoms with E-state index in [1.165, 1.54) is 11.3 Å². The first kappa shape index (κ1) is 23.3. The number of fused-ring (bicyclic) bond motifs is 2. The Labute approximate surface area is 168 Å². The first-order valence-corrected chi connectivity index (χ1v) is 10.1. The van der Waals surface area contributed by atoms with E-state index in [0.717, 1.165) is 11.2 Å². The minimum absolute atomic E-state index is 0.484. The first-order valence-electron chi connectivity index (χ1n) is 10.1. The Hall–Kier alpha value is -2.76. The van der Waals surface area contributed by atoms with Gasteiger partial charge in [-0.15, -0.1) is 0 Å². The van der Waals surface area contributed by atoms with E-state index in [0.29, 0.717) is 11.8 Å². The number of hydrogen-bond donors (Lipinski definition) is 0. The van der Waals surface area contributed by atoms with Crippen LogP contribution in [0, 0.1) is 0 Å². The predicted molar refractivity (Wildman–Crippen MR) is 117 cm³/mol. The average Bonchev–Trinajstić information content (AvgIpc) is 3.36. The van der Waals surface area contributed by atoms with E-state index in [-0.39, 0.29) is 0 Å².